The zero-order valence-electron chi connectivity index (χ0n) is 14.1. The number of anilines is 2. The Labute approximate surface area is 142 Å². The Morgan fingerprint density at radius 1 is 1.08 bits per heavy atom. The molecule has 0 radical (unpaired) electrons. The lowest BCUT2D eigenvalue weighted by Crippen LogP contribution is -2.39. The average Bonchev–Trinajstić information content (AvgIpc) is 3.05. The van der Waals surface area contributed by atoms with Crippen LogP contribution < -0.4 is 10.6 Å². The number of para-hydroxylation sites is 1. The van der Waals surface area contributed by atoms with Crippen LogP contribution in [0.5, 0.6) is 0 Å². The van der Waals surface area contributed by atoms with E-state index in [-0.39, 0.29) is 5.91 Å². The van der Waals surface area contributed by atoms with Crippen molar-refractivity contribution in [1.29, 1.82) is 0 Å². The smallest absolute Gasteiger partial charge is 0.276 e. The van der Waals surface area contributed by atoms with Crippen LogP contribution in [-0.4, -0.2) is 47.2 Å². The summed E-state index contributed by atoms with van der Waals surface area (Å²) in [4.78, 5) is 14.4. The molecule has 0 saturated heterocycles. The number of hydrogen-bond donors (Lipinski definition) is 2. The molecule has 2 unspecified atom stereocenters. The van der Waals surface area contributed by atoms with Gasteiger partial charge in [-0.1, -0.05) is 18.2 Å². The lowest BCUT2D eigenvalue weighted by atomic mass is 10.1. The van der Waals surface area contributed by atoms with Crippen molar-refractivity contribution in [3.63, 3.8) is 0 Å². The molecular weight excluding hydrogens is 302 g/mol. The fourth-order valence-electron chi connectivity index (χ4n) is 3.16. The molecule has 2 N–H and O–H groups in total. The number of hydrogen-bond acceptors (Lipinski definition) is 5. The third-order valence-corrected chi connectivity index (χ3v) is 4.40. The monoisotopic (exact) mass is 325 g/mol. The van der Waals surface area contributed by atoms with Crippen LogP contribution in [0.4, 0.5) is 11.5 Å². The zero-order chi connectivity index (χ0) is 16.9. The number of carbonyl (C=O) groups excluding carboxylic acids is 1. The molecule has 1 amide bonds. The normalized spacial score (nSPS) is 20.1. The molecule has 1 aromatic carbocycles. The highest BCUT2D eigenvalue weighted by Crippen LogP contribution is 2.25. The molecule has 1 aliphatic carbocycles. The van der Waals surface area contributed by atoms with E-state index >= 15 is 0 Å². The number of likely N-dealkylation sites (N-methyl/N-ethyl adjacent to an activating group) is 1. The van der Waals surface area contributed by atoms with Crippen LogP contribution in [0.2, 0.25) is 0 Å². The van der Waals surface area contributed by atoms with Crippen molar-refractivity contribution in [1.82, 2.24) is 15.1 Å². The predicted molar refractivity (Wildman–Crippen MR) is 95.2 cm³/mol. The van der Waals surface area contributed by atoms with E-state index in [0.717, 1.165) is 12.1 Å². The molecule has 1 heterocycles. The summed E-state index contributed by atoms with van der Waals surface area (Å²) in [6.45, 7) is 0. The number of nitrogens with one attached hydrogen (secondary N) is 2. The average molecular weight is 325 g/mol. The second-order valence-corrected chi connectivity index (χ2v) is 6.34. The number of amides is 1. The number of rotatable bonds is 5. The quantitative estimate of drug-likeness (QED) is 0.884. The summed E-state index contributed by atoms with van der Waals surface area (Å²) >= 11 is 0. The van der Waals surface area contributed by atoms with E-state index in [9.17, 15) is 4.79 Å². The van der Waals surface area contributed by atoms with Crippen LogP contribution in [0.1, 0.15) is 29.8 Å². The van der Waals surface area contributed by atoms with Crippen molar-refractivity contribution < 1.29 is 4.79 Å². The first-order chi connectivity index (χ1) is 11.6. The summed E-state index contributed by atoms with van der Waals surface area (Å²) in [5.41, 5.74) is 1.05. The number of aromatic nitrogens is 2. The number of nitrogens with zero attached hydrogens (tertiary/aromatic N) is 3. The Morgan fingerprint density at radius 3 is 2.54 bits per heavy atom. The third-order valence-electron chi connectivity index (χ3n) is 4.40. The fourth-order valence-corrected chi connectivity index (χ4v) is 3.16. The van der Waals surface area contributed by atoms with Crippen LogP contribution in [0.15, 0.2) is 42.5 Å². The molecule has 2 aromatic rings. The Bertz CT molecular complexity index is 672. The molecule has 1 aliphatic rings. The highest BCUT2D eigenvalue weighted by molar-refractivity contribution is 6.02. The zero-order valence-corrected chi connectivity index (χ0v) is 14.1. The molecular formula is C18H23N5O. The van der Waals surface area contributed by atoms with Gasteiger partial charge in [0, 0.05) is 17.8 Å². The first-order valence-corrected chi connectivity index (χ1v) is 8.26. The maximum absolute atomic E-state index is 12.2. The van der Waals surface area contributed by atoms with E-state index < -0.39 is 0 Å². The van der Waals surface area contributed by atoms with Gasteiger partial charge in [0.25, 0.3) is 5.91 Å². The van der Waals surface area contributed by atoms with Crippen LogP contribution in [0.3, 0.4) is 0 Å². The van der Waals surface area contributed by atoms with E-state index in [1.165, 1.54) is 12.8 Å². The fraction of sp³-hybridized carbons (Fsp3) is 0.389. The van der Waals surface area contributed by atoms with Gasteiger partial charge >= 0.3 is 0 Å². The van der Waals surface area contributed by atoms with Gasteiger partial charge in [0.2, 0.25) is 0 Å². The van der Waals surface area contributed by atoms with Crippen LogP contribution in [-0.2, 0) is 0 Å². The van der Waals surface area contributed by atoms with Crippen molar-refractivity contribution in [2.75, 3.05) is 24.7 Å². The molecule has 0 aliphatic heterocycles. The lowest BCUT2D eigenvalue weighted by Gasteiger charge is -2.27. The molecule has 0 bridgehead atoms. The molecule has 0 spiro atoms. The van der Waals surface area contributed by atoms with Crippen molar-refractivity contribution in [3.8, 4) is 0 Å². The molecule has 1 saturated carbocycles. The van der Waals surface area contributed by atoms with Crippen molar-refractivity contribution >= 4 is 17.4 Å². The highest BCUT2D eigenvalue weighted by Gasteiger charge is 2.28. The minimum atomic E-state index is -0.257. The Balaban J connectivity index is 1.62. The van der Waals surface area contributed by atoms with E-state index in [0.29, 0.717) is 23.6 Å². The van der Waals surface area contributed by atoms with Gasteiger partial charge in [-0.15, -0.1) is 10.2 Å². The maximum atomic E-state index is 12.2. The van der Waals surface area contributed by atoms with E-state index in [1.54, 1.807) is 6.07 Å². The summed E-state index contributed by atoms with van der Waals surface area (Å²) in [6.07, 6.45) is 3.53. The van der Waals surface area contributed by atoms with Gasteiger partial charge in [-0.25, -0.2) is 0 Å². The number of carbonyl (C=O) groups is 1. The van der Waals surface area contributed by atoms with E-state index in [4.69, 9.17) is 0 Å². The summed E-state index contributed by atoms with van der Waals surface area (Å²) in [5.74, 6) is 0.456. The second kappa shape index (κ2) is 7.40. The van der Waals surface area contributed by atoms with Crippen molar-refractivity contribution in [3.05, 3.63) is 48.2 Å². The minimum absolute atomic E-state index is 0.257. The van der Waals surface area contributed by atoms with E-state index in [1.807, 2.05) is 36.4 Å². The van der Waals surface area contributed by atoms with Crippen molar-refractivity contribution in [2.45, 2.75) is 31.3 Å². The van der Waals surface area contributed by atoms with Crippen LogP contribution >= 0.6 is 0 Å². The van der Waals surface area contributed by atoms with E-state index in [2.05, 4.69) is 39.8 Å². The molecule has 24 heavy (non-hydrogen) atoms. The summed E-state index contributed by atoms with van der Waals surface area (Å²) < 4.78 is 0. The topological polar surface area (TPSA) is 70.2 Å². The van der Waals surface area contributed by atoms with Gasteiger partial charge in [-0.3, -0.25) is 4.79 Å². The third kappa shape index (κ3) is 3.89. The standard InChI is InChI=1S/C18H23N5O/c1-23(2)16-10-6-9-14(16)20-17-12-11-15(21-22-17)18(24)19-13-7-4-3-5-8-13/h3-5,7-8,11-12,14,16H,6,9-10H2,1-2H3,(H,19,24)(H,20,22). The Hall–Kier alpha value is -2.47. The van der Waals surface area contributed by atoms with Crippen LogP contribution in [0, 0.1) is 0 Å². The molecule has 6 heteroatoms. The van der Waals surface area contributed by atoms with Crippen LogP contribution in [0.25, 0.3) is 0 Å². The van der Waals surface area contributed by atoms with Gasteiger partial charge < -0.3 is 15.5 Å². The summed E-state index contributed by atoms with van der Waals surface area (Å²) in [6, 6.07) is 13.7. The summed E-state index contributed by atoms with van der Waals surface area (Å²) in [7, 11) is 4.21. The molecule has 126 valence electrons. The second-order valence-electron chi connectivity index (χ2n) is 6.34. The molecule has 6 nitrogen and oxygen atoms in total. The Kier molecular flexibility index (Phi) is 5.05. The Morgan fingerprint density at radius 2 is 1.88 bits per heavy atom. The SMILES string of the molecule is CN(C)C1CCCC1Nc1ccc(C(=O)Nc2ccccc2)nn1. The largest absolute Gasteiger partial charge is 0.364 e. The first-order valence-electron chi connectivity index (χ1n) is 8.26. The summed E-state index contributed by atoms with van der Waals surface area (Å²) in [5, 5.41) is 14.5. The van der Waals surface area contributed by atoms with Gasteiger partial charge in [0.05, 0.1) is 0 Å². The lowest BCUT2D eigenvalue weighted by molar-refractivity contribution is 0.102. The number of benzene rings is 1. The molecule has 1 fully saturated rings. The minimum Gasteiger partial charge on any atom is -0.364 e. The maximum Gasteiger partial charge on any atom is 0.276 e. The van der Waals surface area contributed by atoms with Gasteiger partial charge in [0.1, 0.15) is 5.82 Å². The van der Waals surface area contributed by atoms with Gasteiger partial charge in [0.15, 0.2) is 5.69 Å². The molecule has 3 rings (SSSR count). The first kappa shape index (κ1) is 16.4. The van der Waals surface area contributed by atoms with Crippen molar-refractivity contribution in [2.24, 2.45) is 0 Å². The predicted octanol–water partition coefficient (Wildman–Crippen LogP) is 2.62. The molecule has 2 atom stereocenters. The highest BCUT2D eigenvalue weighted by atomic mass is 16.1. The van der Waals surface area contributed by atoms with Gasteiger partial charge in [-0.05, 0) is 57.6 Å². The van der Waals surface area contributed by atoms with Gasteiger partial charge in [-0.2, -0.15) is 0 Å². The molecule has 1 aromatic heterocycles.